The van der Waals surface area contributed by atoms with Crippen LogP contribution >= 0.6 is 0 Å². The predicted molar refractivity (Wildman–Crippen MR) is 123 cm³/mol. The summed E-state index contributed by atoms with van der Waals surface area (Å²) in [6, 6.07) is 8.32. The average molecular weight is 406 g/mol. The standard InChI is InChI=1S/C10H20N2O.C10H11NO.2C2H6/c1-3-10(4-2)12-7-5-11(9-13)6-8-12;11-10(12)9-5-3-8(4-6-9)7-1-2-7;2*1-2/h9-10H,3-8H2,1-2H3;3-7H,1-2H2,(H2,11,12);2*1-2H3. The van der Waals surface area contributed by atoms with Gasteiger partial charge >= 0.3 is 0 Å². The van der Waals surface area contributed by atoms with Crippen LogP contribution in [-0.2, 0) is 4.79 Å². The molecule has 1 heterocycles. The quantitative estimate of drug-likeness (QED) is 0.700. The van der Waals surface area contributed by atoms with E-state index in [2.05, 4.69) is 18.7 Å². The monoisotopic (exact) mass is 405 g/mol. The maximum atomic E-state index is 10.7. The Bertz CT molecular complexity index is 544. The first-order valence-electron chi connectivity index (χ1n) is 11.4. The molecule has 3 rings (SSSR count). The van der Waals surface area contributed by atoms with Crippen LogP contribution in [0.3, 0.4) is 0 Å². The topological polar surface area (TPSA) is 66.6 Å². The van der Waals surface area contributed by atoms with Gasteiger partial charge in [0.05, 0.1) is 0 Å². The second-order valence-corrected chi connectivity index (χ2v) is 6.91. The third-order valence-corrected chi connectivity index (χ3v) is 5.20. The van der Waals surface area contributed by atoms with Gasteiger partial charge in [0.25, 0.3) is 0 Å². The van der Waals surface area contributed by atoms with Crippen LogP contribution in [0.15, 0.2) is 24.3 Å². The number of rotatable bonds is 6. The largest absolute Gasteiger partial charge is 0.366 e. The molecule has 5 heteroatoms. The molecule has 5 nitrogen and oxygen atoms in total. The number of carbonyl (C=O) groups is 2. The van der Waals surface area contributed by atoms with E-state index in [4.69, 9.17) is 5.73 Å². The number of amides is 2. The summed E-state index contributed by atoms with van der Waals surface area (Å²) in [4.78, 5) is 25.6. The summed E-state index contributed by atoms with van der Waals surface area (Å²) < 4.78 is 0. The van der Waals surface area contributed by atoms with Crippen molar-refractivity contribution in [1.82, 2.24) is 9.80 Å². The Morgan fingerprint density at radius 1 is 1.00 bits per heavy atom. The number of carbonyl (C=O) groups excluding carboxylic acids is 2. The first kappa shape index (κ1) is 27.1. The zero-order valence-corrected chi connectivity index (χ0v) is 19.5. The molecule has 1 aromatic rings. The van der Waals surface area contributed by atoms with Crippen molar-refractivity contribution in [2.45, 2.75) is 79.2 Å². The summed E-state index contributed by atoms with van der Waals surface area (Å²) in [5, 5.41) is 0. The zero-order chi connectivity index (χ0) is 22.2. The zero-order valence-electron chi connectivity index (χ0n) is 19.5. The third-order valence-electron chi connectivity index (χ3n) is 5.20. The highest BCUT2D eigenvalue weighted by Crippen LogP contribution is 2.39. The molecule has 1 saturated carbocycles. The molecular formula is C24H43N3O2. The molecule has 1 aromatic carbocycles. The molecule has 1 aliphatic heterocycles. The van der Waals surface area contributed by atoms with Gasteiger partial charge in [-0.1, -0.05) is 53.7 Å². The van der Waals surface area contributed by atoms with Gasteiger partial charge in [-0.3, -0.25) is 14.5 Å². The molecule has 2 amide bonds. The van der Waals surface area contributed by atoms with Crippen LogP contribution in [0.4, 0.5) is 0 Å². The van der Waals surface area contributed by atoms with Crippen LogP contribution in [0.5, 0.6) is 0 Å². The lowest BCUT2D eigenvalue weighted by Crippen LogP contribution is -2.49. The van der Waals surface area contributed by atoms with Gasteiger partial charge in [0.2, 0.25) is 12.3 Å². The van der Waals surface area contributed by atoms with Crippen molar-refractivity contribution >= 4 is 12.3 Å². The predicted octanol–water partition coefficient (Wildman–Crippen LogP) is 4.66. The molecule has 29 heavy (non-hydrogen) atoms. The smallest absolute Gasteiger partial charge is 0.248 e. The van der Waals surface area contributed by atoms with Gasteiger partial charge in [-0.2, -0.15) is 0 Å². The molecule has 166 valence electrons. The van der Waals surface area contributed by atoms with E-state index in [9.17, 15) is 9.59 Å². The van der Waals surface area contributed by atoms with Crippen molar-refractivity contribution in [1.29, 1.82) is 0 Å². The van der Waals surface area contributed by atoms with Crippen molar-refractivity contribution in [3.05, 3.63) is 35.4 Å². The highest BCUT2D eigenvalue weighted by atomic mass is 16.1. The summed E-state index contributed by atoms with van der Waals surface area (Å²) in [6.07, 6.45) is 5.98. The number of benzene rings is 1. The molecule has 2 aliphatic rings. The van der Waals surface area contributed by atoms with E-state index in [0.717, 1.165) is 38.5 Å². The molecule has 1 aliphatic carbocycles. The number of hydrogen-bond donors (Lipinski definition) is 1. The average Bonchev–Trinajstić information content (AvgIpc) is 3.64. The van der Waals surface area contributed by atoms with E-state index in [1.165, 1.54) is 31.2 Å². The van der Waals surface area contributed by atoms with Gasteiger partial charge < -0.3 is 10.6 Å². The van der Waals surface area contributed by atoms with E-state index in [1.807, 2.05) is 44.7 Å². The van der Waals surface area contributed by atoms with Crippen molar-refractivity contribution in [2.75, 3.05) is 26.2 Å². The van der Waals surface area contributed by atoms with Crippen LogP contribution < -0.4 is 5.73 Å². The fraction of sp³-hybridized carbons (Fsp3) is 0.667. The van der Waals surface area contributed by atoms with Crippen molar-refractivity contribution in [3.8, 4) is 0 Å². The van der Waals surface area contributed by atoms with Gasteiger partial charge in [-0.05, 0) is 49.3 Å². The van der Waals surface area contributed by atoms with Gasteiger partial charge in [-0.15, -0.1) is 0 Å². The Kier molecular flexibility index (Phi) is 14.9. The normalized spacial score (nSPS) is 15.8. The van der Waals surface area contributed by atoms with E-state index >= 15 is 0 Å². The van der Waals surface area contributed by atoms with Gasteiger partial charge in [0.1, 0.15) is 0 Å². The molecule has 0 aromatic heterocycles. The summed E-state index contributed by atoms with van der Waals surface area (Å²) in [5.74, 6) is 0.393. The summed E-state index contributed by atoms with van der Waals surface area (Å²) in [7, 11) is 0. The minimum absolute atomic E-state index is 0.350. The first-order chi connectivity index (χ1) is 14.1. The van der Waals surface area contributed by atoms with Crippen molar-refractivity contribution < 1.29 is 9.59 Å². The van der Waals surface area contributed by atoms with Crippen LogP contribution in [0.25, 0.3) is 0 Å². The minimum Gasteiger partial charge on any atom is -0.366 e. The lowest BCUT2D eigenvalue weighted by atomic mass is 10.1. The molecule has 0 atom stereocenters. The third kappa shape index (κ3) is 9.93. The maximum absolute atomic E-state index is 10.7. The highest BCUT2D eigenvalue weighted by molar-refractivity contribution is 5.92. The van der Waals surface area contributed by atoms with Crippen molar-refractivity contribution in [2.24, 2.45) is 5.73 Å². The summed E-state index contributed by atoms with van der Waals surface area (Å²) in [6.45, 7) is 16.4. The molecule has 0 spiro atoms. The minimum atomic E-state index is -0.350. The number of primary amides is 1. The Hall–Kier alpha value is -1.88. The Labute approximate surface area is 178 Å². The lowest BCUT2D eigenvalue weighted by Gasteiger charge is -2.37. The first-order valence-corrected chi connectivity index (χ1v) is 11.4. The number of hydrogen-bond acceptors (Lipinski definition) is 3. The SMILES string of the molecule is CC.CC.CCC(CC)N1CCN(C=O)CC1.NC(=O)c1ccc(C2CC2)cc1. The van der Waals surface area contributed by atoms with E-state index in [-0.39, 0.29) is 5.91 Å². The highest BCUT2D eigenvalue weighted by Gasteiger charge is 2.23. The molecule has 0 unspecified atom stereocenters. The fourth-order valence-corrected chi connectivity index (χ4v) is 3.35. The maximum Gasteiger partial charge on any atom is 0.248 e. The van der Waals surface area contributed by atoms with Crippen LogP contribution in [0.2, 0.25) is 0 Å². The molecule has 2 fully saturated rings. The number of nitrogens with zero attached hydrogens (tertiary/aromatic N) is 2. The van der Waals surface area contributed by atoms with Crippen LogP contribution in [0.1, 0.15) is 89.1 Å². The Balaban J connectivity index is 0.000000462. The number of piperazine rings is 1. The molecular weight excluding hydrogens is 362 g/mol. The van der Waals surface area contributed by atoms with E-state index in [1.54, 1.807) is 12.1 Å². The van der Waals surface area contributed by atoms with Gasteiger partial charge in [0, 0.05) is 37.8 Å². The molecule has 0 radical (unpaired) electrons. The van der Waals surface area contributed by atoms with Crippen molar-refractivity contribution in [3.63, 3.8) is 0 Å². The second-order valence-electron chi connectivity index (χ2n) is 6.91. The summed E-state index contributed by atoms with van der Waals surface area (Å²) in [5.41, 5.74) is 7.05. The van der Waals surface area contributed by atoms with Gasteiger partial charge in [-0.25, -0.2) is 0 Å². The van der Waals surface area contributed by atoms with E-state index in [0.29, 0.717) is 11.6 Å². The number of nitrogens with two attached hydrogens (primary N) is 1. The second kappa shape index (κ2) is 16.0. The lowest BCUT2D eigenvalue weighted by molar-refractivity contribution is -0.120. The summed E-state index contributed by atoms with van der Waals surface area (Å²) >= 11 is 0. The van der Waals surface area contributed by atoms with Crippen LogP contribution in [-0.4, -0.2) is 54.3 Å². The molecule has 0 bridgehead atoms. The van der Waals surface area contributed by atoms with Gasteiger partial charge in [0.15, 0.2) is 0 Å². The molecule has 2 N–H and O–H groups in total. The fourth-order valence-electron chi connectivity index (χ4n) is 3.35. The Morgan fingerprint density at radius 2 is 1.48 bits per heavy atom. The molecule has 1 saturated heterocycles. The van der Waals surface area contributed by atoms with E-state index < -0.39 is 0 Å². The Morgan fingerprint density at radius 3 is 1.83 bits per heavy atom. The van der Waals surface area contributed by atoms with Crippen LogP contribution in [0, 0.1) is 0 Å².